The Labute approximate surface area is 113 Å². The van der Waals surface area contributed by atoms with Gasteiger partial charge < -0.3 is 9.30 Å². The normalized spacial score (nSPS) is 23.3. The van der Waals surface area contributed by atoms with E-state index in [4.69, 9.17) is 9.88 Å². The highest BCUT2D eigenvalue weighted by molar-refractivity contribution is 7.89. The summed E-state index contributed by atoms with van der Waals surface area (Å²) in [4.78, 5) is 0. The van der Waals surface area contributed by atoms with E-state index in [1.165, 1.54) is 0 Å². The molecular formula is C11H20N4O3S. The monoisotopic (exact) mass is 288 g/mol. The lowest BCUT2D eigenvalue weighted by Crippen LogP contribution is -2.33. The van der Waals surface area contributed by atoms with Crippen LogP contribution in [0.2, 0.25) is 0 Å². The third-order valence-corrected chi connectivity index (χ3v) is 4.24. The summed E-state index contributed by atoms with van der Waals surface area (Å²) in [5.41, 5.74) is 0. The van der Waals surface area contributed by atoms with Crippen molar-refractivity contribution in [1.82, 2.24) is 14.8 Å². The molecule has 0 spiro atoms. The molecule has 0 bridgehead atoms. The van der Waals surface area contributed by atoms with E-state index in [1.807, 2.05) is 13.8 Å². The second-order valence-corrected chi connectivity index (χ2v) is 6.26. The molecule has 1 saturated carbocycles. The zero-order chi connectivity index (χ0) is 14.0. The lowest BCUT2D eigenvalue weighted by molar-refractivity contribution is -0.0247. The van der Waals surface area contributed by atoms with E-state index >= 15 is 0 Å². The van der Waals surface area contributed by atoms with Crippen molar-refractivity contribution in [3.63, 3.8) is 0 Å². The summed E-state index contributed by atoms with van der Waals surface area (Å²) in [6.07, 6.45) is 3.05. The second-order valence-electron chi connectivity index (χ2n) is 4.81. The van der Waals surface area contributed by atoms with E-state index in [1.54, 1.807) is 4.57 Å². The van der Waals surface area contributed by atoms with Crippen LogP contribution in [0.5, 0.6) is 0 Å². The van der Waals surface area contributed by atoms with E-state index in [0.29, 0.717) is 24.4 Å². The summed E-state index contributed by atoms with van der Waals surface area (Å²) < 4.78 is 29.8. The quantitative estimate of drug-likeness (QED) is 0.811. The minimum Gasteiger partial charge on any atom is -0.378 e. The van der Waals surface area contributed by atoms with Gasteiger partial charge in [0, 0.05) is 19.6 Å². The standard InChI is InChI=1S/C11H20N4O3S/c1-3-15-10(13-14-11(15)19(12,16)17)7-8-5-9(6-8)18-4-2/h8-9H,3-7H2,1-2H3,(H2,12,16,17). The lowest BCUT2D eigenvalue weighted by Gasteiger charge is -2.34. The Kier molecular flexibility index (Phi) is 4.22. The molecule has 0 amide bonds. The van der Waals surface area contributed by atoms with Crippen LogP contribution < -0.4 is 5.14 Å². The molecule has 8 heteroatoms. The molecule has 2 rings (SSSR count). The van der Waals surface area contributed by atoms with Crippen molar-refractivity contribution in [2.45, 2.75) is 50.9 Å². The van der Waals surface area contributed by atoms with Crippen molar-refractivity contribution in [2.24, 2.45) is 11.1 Å². The van der Waals surface area contributed by atoms with Gasteiger partial charge in [0.15, 0.2) is 0 Å². The molecule has 108 valence electrons. The molecule has 0 atom stereocenters. The van der Waals surface area contributed by atoms with Crippen molar-refractivity contribution in [3.8, 4) is 0 Å². The number of sulfonamides is 1. The molecule has 7 nitrogen and oxygen atoms in total. The molecule has 1 fully saturated rings. The zero-order valence-corrected chi connectivity index (χ0v) is 12.1. The van der Waals surface area contributed by atoms with Crippen molar-refractivity contribution >= 4 is 10.0 Å². The fourth-order valence-electron chi connectivity index (χ4n) is 2.47. The number of ether oxygens (including phenoxy) is 1. The van der Waals surface area contributed by atoms with E-state index in [0.717, 1.165) is 25.9 Å². The highest BCUT2D eigenvalue weighted by Gasteiger charge is 2.31. The summed E-state index contributed by atoms with van der Waals surface area (Å²) in [6, 6.07) is 0. The van der Waals surface area contributed by atoms with E-state index in [9.17, 15) is 8.42 Å². The molecule has 1 heterocycles. The predicted molar refractivity (Wildman–Crippen MR) is 68.9 cm³/mol. The molecule has 2 N–H and O–H groups in total. The predicted octanol–water partition coefficient (Wildman–Crippen LogP) is 0.303. The molecular weight excluding hydrogens is 268 g/mol. The van der Waals surface area contributed by atoms with Crippen molar-refractivity contribution in [3.05, 3.63) is 5.82 Å². The van der Waals surface area contributed by atoms with Crippen molar-refractivity contribution in [2.75, 3.05) is 6.61 Å². The van der Waals surface area contributed by atoms with Crippen molar-refractivity contribution < 1.29 is 13.2 Å². The molecule has 1 aliphatic carbocycles. The largest absolute Gasteiger partial charge is 0.378 e. The van der Waals surface area contributed by atoms with Crippen LogP contribution in [0.4, 0.5) is 0 Å². The summed E-state index contributed by atoms with van der Waals surface area (Å²) in [6.45, 7) is 5.07. The molecule has 1 aliphatic rings. The molecule has 0 aliphatic heterocycles. The van der Waals surface area contributed by atoms with Gasteiger partial charge in [-0.25, -0.2) is 13.6 Å². The number of rotatable bonds is 6. The maximum absolute atomic E-state index is 11.4. The number of aromatic nitrogens is 3. The Morgan fingerprint density at radius 3 is 2.58 bits per heavy atom. The molecule has 0 radical (unpaired) electrons. The van der Waals surface area contributed by atoms with Gasteiger partial charge in [-0.05, 0) is 32.6 Å². The average Bonchev–Trinajstić information content (AvgIpc) is 2.68. The minimum absolute atomic E-state index is 0.148. The Hall–Kier alpha value is -0.990. The first-order chi connectivity index (χ1) is 8.95. The van der Waals surface area contributed by atoms with Gasteiger partial charge in [-0.3, -0.25) is 0 Å². The highest BCUT2D eigenvalue weighted by Crippen LogP contribution is 2.32. The van der Waals surface area contributed by atoms with Crippen LogP contribution in [0, 0.1) is 5.92 Å². The maximum Gasteiger partial charge on any atom is 0.273 e. The van der Waals surface area contributed by atoms with Gasteiger partial charge in [0.25, 0.3) is 15.2 Å². The average molecular weight is 288 g/mol. The van der Waals surface area contributed by atoms with Crippen LogP contribution in [0.25, 0.3) is 0 Å². The first-order valence-electron chi connectivity index (χ1n) is 6.52. The summed E-state index contributed by atoms with van der Waals surface area (Å²) in [5, 5.41) is 12.6. The fraction of sp³-hybridized carbons (Fsp3) is 0.818. The van der Waals surface area contributed by atoms with Gasteiger partial charge in [-0.15, -0.1) is 10.2 Å². The number of hydrogen-bond donors (Lipinski definition) is 1. The first-order valence-corrected chi connectivity index (χ1v) is 8.06. The highest BCUT2D eigenvalue weighted by atomic mass is 32.2. The van der Waals surface area contributed by atoms with Gasteiger partial charge in [-0.1, -0.05) is 0 Å². The summed E-state index contributed by atoms with van der Waals surface area (Å²) >= 11 is 0. The van der Waals surface area contributed by atoms with Gasteiger partial charge in [0.1, 0.15) is 5.82 Å². The van der Waals surface area contributed by atoms with Crippen LogP contribution in [0.1, 0.15) is 32.5 Å². The number of nitrogens with two attached hydrogens (primary N) is 1. The summed E-state index contributed by atoms with van der Waals surface area (Å²) in [5.74, 6) is 1.17. The third kappa shape index (κ3) is 3.13. The minimum atomic E-state index is -3.80. The topological polar surface area (TPSA) is 100 Å². The van der Waals surface area contributed by atoms with Crippen LogP contribution in [0.3, 0.4) is 0 Å². The number of hydrogen-bond acceptors (Lipinski definition) is 5. The number of primary sulfonamides is 1. The fourth-order valence-corrected chi connectivity index (χ4v) is 3.17. The lowest BCUT2D eigenvalue weighted by atomic mass is 9.80. The third-order valence-electron chi connectivity index (χ3n) is 3.43. The van der Waals surface area contributed by atoms with Gasteiger partial charge in [-0.2, -0.15) is 0 Å². The Morgan fingerprint density at radius 2 is 2.05 bits per heavy atom. The first kappa shape index (κ1) is 14.4. The van der Waals surface area contributed by atoms with E-state index in [2.05, 4.69) is 10.2 Å². The van der Waals surface area contributed by atoms with E-state index < -0.39 is 10.0 Å². The summed E-state index contributed by atoms with van der Waals surface area (Å²) in [7, 11) is -3.80. The van der Waals surface area contributed by atoms with Gasteiger partial charge >= 0.3 is 0 Å². The zero-order valence-electron chi connectivity index (χ0n) is 11.2. The molecule has 1 aromatic heterocycles. The van der Waals surface area contributed by atoms with Crippen LogP contribution in [0.15, 0.2) is 5.16 Å². The van der Waals surface area contributed by atoms with Crippen LogP contribution in [-0.2, 0) is 27.7 Å². The van der Waals surface area contributed by atoms with Gasteiger partial charge in [0.2, 0.25) is 0 Å². The molecule has 0 unspecified atom stereocenters. The van der Waals surface area contributed by atoms with Crippen molar-refractivity contribution in [1.29, 1.82) is 0 Å². The Bertz CT molecular complexity index is 534. The Balaban J connectivity index is 2.04. The number of nitrogens with zero attached hydrogens (tertiary/aromatic N) is 3. The smallest absolute Gasteiger partial charge is 0.273 e. The van der Waals surface area contributed by atoms with E-state index in [-0.39, 0.29) is 5.16 Å². The Morgan fingerprint density at radius 1 is 1.37 bits per heavy atom. The molecule has 0 saturated heterocycles. The molecule has 19 heavy (non-hydrogen) atoms. The van der Waals surface area contributed by atoms with Crippen LogP contribution in [-0.4, -0.2) is 35.9 Å². The second kappa shape index (κ2) is 5.56. The molecule has 1 aromatic rings. The van der Waals surface area contributed by atoms with Gasteiger partial charge in [0.05, 0.1) is 6.10 Å². The molecule has 0 aromatic carbocycles. The van der Waals surface area contributed by atoms with Crippen LogP contribution >= 0.6 is 0 Å². The maximum atomic E-state index is 11.4. The SMILES string of the molecule is CCOC1CC(Cc2nnc(S(N)(=O)=O)n2CC)C1.